The van der Waals surface area contributed by atoms with E-state index in [2.05, 4.69) is 24.3 Å². The average Bonchev–Trinajstić information content (AvgIpc) is 2.75. The molecule has 0 aliphatic carbocycles. The molecule has 16 heavy (non-hydrogen) atoms. The number of benzene rings is 1. The van der Waals surface area contributed by atoms with Crippen molar-refractivity contribution >= 4 is 0 Å². The second-order valence-electron chi connectivity index (χ2n) is 3.65. The standard InChI is InChI=1S/C11H14N4O/c1-9(10-6-4-3-5-7-10)14(2)15-8-11(12)16-13-15/h3-9,12H,1-2H3. The van der Waals surface area contributed by atoms with Crippen molar-refractivity contribution in [1.29, 1.82) is 5.41 Å². The quantitative estimate of drug-likeness (QED) is 0.755. The maximum Gasteiger partial charge on any atom is 0.286 e. The lowest BCUT2D eigenvalue weighted by Crippen LogP contribution is -2.58. The van der Waals surface area contributed by atoms with Gasteiger partial charge in [0.15, 0.2) is 0 Å². The Morgan fingerprint density at radius 1 is 1.38 bits per heavy atom. The van der Waals surface area contributed by atoms with Crippen molar-refractivity contribution in [3.8, 4) is 0 Å². The minimum absolute atomic E-state index is 0.0483. The molecule has 1 aromatic heterocycles. The Morgan fingerprint density at radius 3 is 2.62 bits per heavy atom. The van der Waals surface area contributed by atoms with Gasteiger partial charge < -0.3 is 4.52 Å². The van der Waals surface area contributed by atoms with Gasteiger partial charge in [-0.15, -0.1) is 0 Å². The fourth-order valence-corrected chi connectivity index (χ4v) is 1.51. The maximum atomic E-state index is 7.28. The van der Waals surface area contributed by atoms with E-state index < -0.39 is 0 Å². The molecule has 0 radical (unpaired) electrons. The number of nitrogens with zero attached hydrogens (tertiary/aromatic N) is 3. The molecule has 0 spiro atoms. The largest absolute Gasteiger partial charge is 0.380 e. The summed E-state index contributed by atoms with van der Waals surface area (Å²) in [5.74, 6) is 0. The third kappa shape index (κ3) is 1.98. The molecule has 1 heterocycles. The van der Waals surface area contributed by atoms with Gasteiger partial charge in [0.25, 0.3) is 11.8 Å². The lowest BCUT2D eigenvalue weighted by molar-refractivity contribution is -0.765. The molecule has 0 aliphatic heterocycles. The molecule has 0 aliphatic rings. The van der Waals surface area contributed by atoms with Crippen molar-refractivity contribution in [2.24, 2.45) is 0 Å². The van der Waals surface area contributed by atoms with Crippen LogP contribution in [0.4, 0.5) is 0 Å². The summed E-state index contributed by atoms with van der Waals surface area (Å²) >= 11 is 0. The molecule has 0 saturated heterocycles. The van der Waals surface area contributed by atoms with Gasteiger partial charge in [-0.3, -0.25) is 10.4 Å². The van der Waals surface area contributed by atoms with Crippen LogP contribution in [0, 0.1) is 5.41 Å². The van der Waals surface area contributed by atoms with E-state index in [1.165, 1.54) is 16.6 Å². The third-order valence-electron chi connectivity index (χ3n) is 2.62. The van der Waals surface area contributed by atoms with Gasteiger partial charge in [0.1, 0.15) is 0 Å². The van der Waals surface area contributed by atoms with Gasteiger partial charge in [-0.1, -0.05) is 42.0 Å². The topological polar surface area (TPSA) is 58.2 Å². The number of nitrogens with one attached hydrogen (secondary N) is 1. The summed E-state index contributed by atoms with van der Waals surface area (Å²) in [5, 5.41) is 12.9. The van der Waals surface area contributed by atoms with Crippen LogP contribution >= 0.6 is 0 Å². The van der Waals surface area contributed by atoms with Crippen LogP contribution in [0.5, 0.6) is 0 Å². The van der Waals surface area contributed by atoms with Crippen LogP contribution < -0.4 is 20.6 Å². The lowest BCUT2D eigenvalue weighted by atomic mass is 10.1. The van der Waals surface area contributed by atoms with Gasteiger partial charge in [-0.2, -0.15) is 0 Å². The van der Waals surface area contributed by atoms with Crippen molar-refractivity contribution in [1.82, 2.24) is 5.27 Å². The van der Waals surface area contributed by atoms with Crippen LogP contribution in [0.3, 0.4) is 0 Å². The van der Waals surface area contributed by atoms with Crippen LogP contribution in [0.2, 0.25) is 0 Å². The molecule has 84 valence electrons. The van der Waals surface area contributed by atoms with E-state index in [-0.39, 0.29) is 11.6 Å². The summed E-state index contributed by atoms with van der Waals surface area (Å²) in [4.78, 5) is 1.53. The first kappa shape index (κ1) is 10.5. The van der Waals surface area contributed by atoms with E-state index in [1.807, 2.05) is 30.3 Å². The summed E-state index contributed by atoms with van der Waals surface area (Å²) in [5.41, 5.74) is 1.24. The van der Waals surface area contributed by atoms with E-state index in [0.717, 1.165) is 0 Å². The molecule has 0 bridgehead atoms. The highest BCUT2D eigenvalue weighted by atomic mass is 16.5. The summed E-state index contributed by atoms with van der Waals surface area (Å²) in [6.07, 6.45) is 1.53. The van der Waals surface area contributed by atoms with Crippen LogP contribution in [0.25, 0.3) is 0 Å². The highest BCUT2D eigenvalue weighted by Gasteiger charge is 2.12. The lowest BCUT2D eigenvalue weighted by Gasteiger charge is -2.25. The summed E-state index contributed by atoms with van der Waals surface area (Å²) in [7, 11) is 1.90. The predicted molar refractivity (Wildman–Crippen MR) is 57.1 cm³/mol. The normalized spacial score (nSPS) is 12.4. The van der Waals surface area contributed by atoms with Gasteiger partial charge in [0.2, 0.25) is 0 Å². The van der Waals surface area contributed by atoms with Crippen molar-refractivity contribution < 1.29 is 9.31 Å². The van der Waals surface area contributed by atoms with E-state index in [9.17, 15) is 0 Å². The van der Waals surface area contributed by atoms with Crippen LogP contribution in [0.15, 0.2) is 41.1 Å². The Morgan fingerprint density at radius 2 is 2.06 bits per heavy atom. The van der Waals surface area contributed by atoms with E-state index in [1.54, 1.807) is 0 Å². The molecule has 2 aromatic rings. The molecule has 2 rings (SSSR count). The van der Waals surface area contributed by atoms with Crippen LogP contribution in [-0.2, 0) is 0 Å². The van der Waals surface area contributed by atoms with Crippen molar-refractivity contribution in [2.75, 3.05) is 12.1 Å². The summed E-state index contributed by atoms with van der Waals surface area (Å²) < 4.78 is 4.71. The average molecular weight is 218 g/mol. The fraction of sp³-hybridized carbons (Fsp3) is 0.273. The number of hydrogen-bond donors (Lipinski definition) is 1. The molecule has 0 saturated carbocycles. The van der Waals surface area contributed by atoms with E-state index in [4.69, 9.17) is 9.93 Å². The Labute approximate surface area is 93.4 Å². The second kappa shape index (κ2) is 4.22. The molecule has 5 nitrogen and oxygen atoms in total. The Hall–Kier alpha value is -2.04. The van der Waals surface area contributed by atoms with Crippen molar-refractivity contribution in [3.63, 3.8) is 0 Å². The minimum atomic E-state index is 0.0483. The fourth-order valence-electron chi connectivity index (χ4n) is 1.51. The highest BCUT2D eigenvalue weighted by Crippen LogP contribution is 2.13. The number of rotatable bonds is 3. The van der Waals surface area contributed by atoms with Gasteiger partial charge in [0, 0.05) is 6.04 Å². The number of aromatic nitrogens is 2. The zero-order valence-corrected chi connectivity index (χ0v) is 9.29. The Balaban J connectivity index is 2.23. The van der Waals surface area contributed by atoms with Crippen LogP contribution in [0.1, 0.15) is 18.5 Å². The molecular formula is C11H14N4O. The van der Waals surface area contributed by atoms with Gasteiger partial charge in [-0.05, 0) is 17.9 Å². The molecular weight excluding hydrogens is 204 g/mol. The zero-order chi connectivity index (χ0) is 11.5. The molecule has 1 unspecified atom stereocenters. The SMILES string of the molecule is CC(c1ccccc1)N(C)[n+]1cc(=N)o[n-]1. The zero-order valence-electron chi connectivity index (χ0n) is 9.29. The van der Waals surface area contributed by atoms with Gasteiger partial charge in [-0.25, -0.2) is 0 Å². The summed E-state index contributed by atoms with van der Waals surface area (Å²) in [6.45, 7) is 2.07. The molecule has 1 N–H and O–H groups in total. The molecule has 0 fully saturated rings. The smallest absolute Gasteiger partial charge is 0.286 e. The Kier molecular flexibility index (Phi) is 2.76. The second-order valence-corrected chi connectivity index (χ2v) is 3.65. The molecule has 5 heteroatoms. The molecule has 1 atom stereocenters. The van der Waals surface area contributed by atoms with E-state index in [0.29, 0.717) is 0 Å². The molecule has 0 amide bonds. The van der Waals surface area contributed by atoms with Gasteiger partial charge in [0.05, 0.1) is 0 Å². The first-order valence-corrected chi connectivity index (χ1v) is 5.07. The highest BCUT2D eigenvalue weighted by molar-refractivity contribution is 5.19. The van der Waals surface area contributed by atoms with Gasteiger partial charge >= 0.3 is 0 Å². The molecule has 1 aromatic carbocycles. The van der Waals surface area contributed by atoms with Crippen molar-refractivity contribution in [3.05, 3.63) is 47.6 Å². The monoisotopic (exact) mass is 218 g/mol. The first-order valence-electron chi connectivity index (χ1n) is 5.07. The third-order valence-corrected chi connectivity index (χ3v) is 2.62. The van der Waals surface area contributed by atoms with Crippen molar-refractivity contribution in [2.45, 2.75) is 13.0 Å². The Bertz CT molecular complexity index is 502. The predicted octanol–water partition coefficient (Wildman–Crippen LogP) is 0.333. The maximum absolute atomic E-state index is 7.28. The minimum Gasteiger partial charge on any atom is -0.380 e. The summed E-state index contributed by atoms with van der Waals surface area (Å²) in [6, 6.07) is 10.3. The number of hydrogen-bond acceptors (Lipinski definition) is 3. The van der Waals surface area contributed by atoms with Crippen LogP contribution in [-0.4, -0.2) is 7.05 Å². The van der Waals surface area contributed by atoms with E-state index >= 15 is 0 Å². The first-order chi connectivity index (χ1) is 7.68.